The molecular weight excluding hydrogens is 284 g/mol. The molecule has 3 rings (SSSR count). The number of aldehydes is 1. The Labute approximate surface area is 132 Å². The first-order valence-electron chi connectivity index (χ1n) is 7.58. The van der Waals surface area contributed by atoms with Gasteiger partial charge in [0.15, 0.2) is 6.29 Å². The number of carbonyl (C=O) groups is 1. The molecule has 0 bridgehead atoms. The van der Waals surface area contributed by atoms with E-state index in [9.17, 15) is 4.79 Å². The van der Waals surface area contributed by atoms with E-state index in [1.165, 1.54) is 16.0 Å². The second-order valence-electron chi connectivity index (χ2n) is 6.73. The standard InChI is InChI=1S/C20H20OSi/c1-22(2,3)19-11-10-15-12-17(9-8-16(15)13-19)20-7-5-4-6-18(20)14-21/h4-14H,1-3H3. The molecule has 0 unspecified atom stereocenters. The van der Waals surface area contributed by atoms with Crippen LogP contribution in [0, 0.1) is 0 Å². The van der Waals surface area contributed by atoms with Crippen LogP contribution in [-0.4, -0.2) is 14.4 Å². The molecule has 3 aromatic rings. The Morgan fingerprint density at radius 1 is 0.818 bits per heavy atom. The molecule has 0 radical (unpaired) electrons. The van der Waals surface area contributed by atoms with Crippen molar-refractivity contribution < 1.29 is 4.79 Å². The fraction of sp³-hybridized carbons (Fsp3) is 0.150. The molecule has 0 aliphatic rings. The van der Waals surface area contributed by atoms with E-state index in [-0.39, 0.29) is 0 Å². The van der Waals surface area contributed by atoms with E-state index in [4.69, 9.17) is 0 Å². The summed E-state index contributed by atoms with van der Waals surface area (Å²) >= 11 is 0. The fourth-order valence-corrected chi connectivity index (χ4v) is 3.91. The third kappa shape index (κ3) is 2.74. The van der Waals surface area contributed by atoms with Crippen LogP contribution in [0.25, 0.3) is 21.9 Å². The van der Waals surface area contributed by atoms with Crippen molar-refractivity contribution in [2.45, 2.75) is 19.6 Å². The number of carbonyl (C=O) groups excluding carboxylic acids is 1. The third-order valence-electron chi connectivity index (χ3n) is 4.11. The van der Waals surface area contributed by atoms with Gasteiger partial charge in [-0.05, 0) is 28.0 Å². The highest BCUT2D eigenvalue weighted by molar-refractivity contribution is 6.88. The van der Waals surface area contributed by atoms with Crippen molar-refractivity contribution in [1.29, 1.82) is 0 Å². The Hall–Kier alpha value is -2.19. The molecule has 0 fully saturated rings. The summed E-state index contributed by atoms with van der Waals surface area (Å²) in [6, 6.07) is 21.0. The van der Waals surface area contributed by atoms with Crippen molar-refractivity contribution >= 4 is 30.3 Å². The van der Waals surface area contributed by atoms with Gasteiger partial charge in [0, 0.05) is 5.56 Å². The van der Waals surface area contributed by atoms with Crippen LogP contribution < -0.4 is 5.19 Å². The number of fused-ring (bicyclic) bond motifs is 1. The van der Waals surface area contributed by atoms with Gasteiger partial charge in [0.05, 0.1) is 8.07 Å². The van der Waals surface area contributed by atoms with Crippen molar-refractivity contribution in [3.05, 3.63) is 66.2 Å². The van der Waals surface area contributed by atoms with Gasteiger partial charge in [-0.3, -0.25) is 4.79 Å². The Morgan fingerprint density at radius 3 is 2.23 bits per heavy atom. The molecule has 0 aromatic heterocycles. The van der Waals surface area contributed by atoms with Crippen molar-refractivity contribution in [1.82, 2.24) is 0 Å². The third-order valence-corrected chi connectivity index (χ3v) is 6.15. The van der Waals surface area contributed by atoms with Gasteiger partial charge in [0.1, 0.15) is 0 Å². The summed E-state index contributed by atoms with van der Waals surface area (Å²) < 4.78 is 0. The molecule has 3 aromatic carbocycles. The van der Waals surface area contributed by atoms with Crippen LogP contribution >= 0.6 is 0 Å². The van der Waals surface area contributed by atoms with E-state index in [1.807, 2.05) is 24.3 Å². The fourth-order valence-electron chi connectivity index (χ4n) is 2.74. The zero-order chi connectivity index (χ0) is 15.7. The van der Waals surface area contributed by atoms with Gasteiger partial charge in [-0.1, -0.05) is 79.4 Å². The lowest BCUT2D eigenvalue weighted by molar-refractivity contribution is 0.112. The molecule has 0 aliphatic heterocycles. The van der Waals surface area contributed by atoms with Crippen molar-refractivity contribution in [2.24, 2.45) is 0 Å². The first-order valence-corrected chi connectivity index (χ1v) is 11.1. The molecule has 0 saturated heterocycles. The van der Waals surface area contributed by atoms with Crippen LogP contribution in [0.3, 0.4) is 0 Å². The molecule has 2 heteroatoms. The van der Waals surface area contributed by atoms with E-state index in [2.05, 4.69) is 56.0 Å². The van der Waals surface area contributed by atoms with Crippen LogP contribution in [0.4, 0.5) is 0 Å². The summed E-state index contributed by atoms with van der Waals surface area (Å²) in [5, 5.41) is 3.97. The number of rotatable bonds is 3. The topological polar surface area (TPSA) is 17.1 Å². The molecule has 0 saturated carbocycles. The molecule has 0 heterocycles. The summed E-state index contributed by atoms with van der Waals surface area (Å²) in [4.78, 5) is 11.2. The largest absolute Gasteiger partial charge is 0.298 e. The summed E-state index contributed by atoms with van der Waals surface area (Å²) in [5.41, 5.74) is 2.82. The highest BCUT2D eigenvalue weighted by atomic mass is 28.3. The second kappa shape index (κ2) is 5.54. The van der Waals surface area contributed by atoms with Gasteiger partial charge < -0.3 is 0 Å². The number of hydrogen-bond donors (Lipinski definition) is 0. The predicted octanol–water partition coefficient (Wildman–Crippen LogP) is 4.86. The molecule has 0 atom stereocenters. The monoisotopic (exact) mass is 304 g/mol. The van der Waals surface area contributed by atoms with E-state index < -0.39 is 8.07 Å². The van der Waals surface area contributed by atoms with Gasteiger partial charge in [-0.2, -0.15) is 0 Å². The molecule has 22 heavy (non-hydrogen) atoms. The highest BCUT2D eigenvalue weighted by Crippen LogP contribution is 2.26. The van der Waals surface area contributed by atoms with Crippen molar-refractivity contribution in [3.63, 3.8) is 0 Å². The maximum Gasteiger partial charge on any atom is 0.150 e. The summed E-state index contributed by atoms with van der Waals surface area (Å²) in [6.07, 6.45) is 0.924. The minimum atomic E-state index is -1.29. The van der Waals surface area contributed by atoms with Gasteiger partial charge in [0.25, 0.3) is 0 Å². The van der Waals surface area contributed by atoms with Crippen LogP contribution in [0.1, 0.15) is 10.4 Å². The molecule has 0 N–H and O–H groups in total. The van der Waals surface area contributed by atoms with Gasteiger partial charge >= 0.3 is 0 Å². The van der Waals surface area contributed by atoms with Crippen LogP contribution in [0.15, 0.2) is 60.7 Å². The van der Waals surface area contributed by atoms with E-state index in [1.54, 1.807) is 0 Å². The van der Waals surface area contributed by atoms with Crippen LogP contribution in [-0.2, 0) is 0 Å². The average molecular weight is 304 g/mol. The van der Waals surface area contributed by atoms with E-state index in [0.29, 0.717) is 0 Å². The van der Waals surface area contributed by atoms with Crippen LogP contribution in [0.5, 0.6) is 0 Å². The van der Waals surface area contributed by atoms with Crippen LogP contribution in [0.2, 0.25) is 19.6 Å². The Kier molecular flexibility index (Phi) is 3.71. The summed E-state index contributed by atoms with van der Waals surface area (Å²) in [5.74, 6) is 0. The molecule has 1 nitrogen and oxygen atoms in total. The van der Waals surface area contributed by atoms with Gasteiger partial charge in [-0.25, -0.2) is 0 Å². The lowest BCUT2D eigenvalue weighted by atomic mass is 9.98. The smallest absolute Gasteiger partial charge is 0.150 e. The minimum absolute atomic E-state index is 0.737. The van der Waals surface area contributed by atoms with Gasteiger partial charge in [0.2, 0.25) is 0 Å². The molecular formula is C20H20OSi. The summed E-state index contributed by atoms with van der Waals surface area (Å²) in [6.45, 7) is 7.09. The zero-order valence-electron chi connectivity index (χ0n) is 13.3. The van der Waals surface area contributed by atoms with Crippen molar-refractivity contribution in [3.8, 4) is 11.1 Å². The molecule has 110 valence electrons. The SMILES string of the molecule is C[Si](C)(C)c1ccc2cc(-c3ccccc3C=O)ccc2c1. The predicted molar refractivity (Wildman–Crippen MR) is 97.8 cm³/mol. The Bertz CT molecular complexity index is 844. The molecule has 0 amide bonds. The van der Waals surface area contributed by atoms with Gasteiger partial charge in [-0.15, -0.1) is 0 Å². The normalized spacial score (nSPS) is 11.6. The second-order valence-corrected chi connectivity index (χ2v) is 11.8. The van der Waals surface area contributed by atoms with Crippen molar-refractivity contribution in [2.75, 3.05) is 0 Å². The molecule has 0 spiro atoms. The lowest BCUT2D eigenvalue weighted by Gasteiger charge is -2.17. The first kappa shape index (κ1) is 14.7. The first-order chi connectivity index (χ1) is 10.5. The van der Waals surface area contributed by atoms with E-state index in [0.717, 1.165) is 23.0 Å². The Balaban J connectivity index is 2.13. The Morgan fingerprint density at radius 2 is 1.50 bits per heavy atom. The maximum atomic E-state index is 11.2. The zero-order valence-corrected chi connectivity index (χ0v) is 14.3. The summed E-state index contributed by atoms with van der Waals surface area (Å²) in [7, 11) is -1.29. The minimum Gasteiger partial charge on any atom is -0.298 e. The number of hydrogen-bond acceptors (Lipinski definition) is 1. The lowest BCUT2D eigenvalue weighted by Crippen LogP contribution is -2.37. The molecule has 0 aliphatic carbocycles. The number of benzene rings is 3. The quantitative estimate of drug-likeness (QED) is 0.498. The maximum absolute atomic E-state index is 11.2. The highest BCUT2D eigenvalue weighted by Gasteiger charge is 2.16. The average Bonchev–Trinajstić information content (AvgIpc) is 2.53. The van der Waals surface area contributed by atoms with E-state index >= 15 is 0 Å².